The molecule has 1 rings (SSSR count). The average molecular weight is 398 g/mol. The van der Waals surface area contributed by atoms with Gasteiger partial charge in [-0.2, -0.15) is 0 Å². The molecule has 0 saturated carbocycles. The molecule has 0 aromatic heterocycles. The summed E-state index contributed by atoms with van der Waals surface area (Å²) in [5.74, 6) is 1.42. The van der Waals surface area contributed by atoms with E-state index in [1.807, 2.05) is 6.92 Å². The third-order valence-electron chi connectivity index (χ3n) is 3.94. The normalized spacial score (nSPS) is 13.9. The van der Waals surface area contributed by atoms with Gasteiger partial charge in [0, 0.05) is 18.8 Å². The van der Waals surface area contributed by atoms with Crippen LogP contribution in [0.5, 0.6) is 5.75 Å². The van der Waals surface area contributed by atoms with Gasteiger partial charge in [0.15, 0.2) is 15.8 Å². The molecule has 0 saturated heterocycles. The average Bonchev–Trinajstić information content (AvgIpc) is 2.56. The lowest BCUT2D eigenvalue weighted by Gasteiger charge is -2.23. The first-order chi connectivity index (χ1) is 12.5. The van der Waals surface area contributed by atoms with E-state index in [4.69, 9.17) is 4.74 Å². The zero-order valence-electron chi connectivity index (χ0n) is 17.5. The monoisotopic (exact) mass is 397 g/mol. The van der Waals surface area contributed by atoms with Gasteiger partial charge < -0.3 is 15.4 Å². The van der Waals surface area contributed by atoms with Gasteiger partial charge in [0.25, 0.3) is 0 Å². The molecule has 1 aromatic carbocycles. The molecule has 0 amide bonds. The maximum absolute atomic E-state index is 11.5. The molecular weight excluding hydrogens is 362 g/mol. The van der Waals surface area contributed by atoms with E-state index >= 15 is 0 Å². The maximum atomic E-state index is 11.5. The molecular formula is C20H35N3O3S. The summed E-state index contributed by atoms with van der Waals surface area (Å²) >= 11 is 0. The van der Waals surface area contributed by atoms with Crippen LogP contribution in [0.1, 0.15) is 47.5 Å². The van der Waals surface area contributed by atoms with Crippen molar-refractivity contribution in [2.24, 2.45) is 10.4 Å². The summed E-state index contributed by atoms with van der Waals surface area (Å²) in [6.45, 7) is 12.7. The lowest BCUT2D eigenvalue weighted by molar-refractivity contribution is 0.327. The van der Waals surface area contributed by atoms with Crippen molar-refractivity contribution in [1.82, 2.24) is 10.6 Å². The van der Waals surface area contributed by atoms with Crippen molar-refractivity contribution in [3.8, 4) is 5.75 Å². The Kier molecular flexibility index (Phi) is 9.09. The van der Waals surface area contributed by atoms with E-state index in [1.54, 1.807) is 24.3 Å². The van der Waals surface area contributed by atoms with Crippen LogP contribution in [0.2, 0.25) is 0 Å². The number of hydrogen-bond donors (Lipinski definition) is 2. The highest BCUT2D eigenvalue weighted by Crippen LogP contribution is 2.21. The third kappa shape index (κ3) is 10.2. The summed E-state index contributed by atoms with van der Waals surface area (Å²) in [7, 11) is -3.18. The molecule has 0 aliphatic carbocycles. The van der Waals surface area contributed by atoms with Crippen LogP contribution in [0.25, 0.3) is 0 Å². The molecule has 2 N–H and O–H groups in total. The quantitative estimate of drug-likeness (QED) is 0.380. The standard InChI is InChI=1S/C20H35N3O3S/c1-7-21-19(23-16(2)12-13-20(3,4)5)22-14-15-26-17-8-10-18(11-9-17)27(6,24)25/h8-11,16H,7,12-15H2,1-6H3,(H2,21,22,23). The van der Waals surface area contributed by atoms with Gasteiger partial charge in [-0.3, -0.25) is 0 Å². The molecule has 0 aliphatic rings. The Labute approximate surface area is 164 Å². The number of guanidine groups is 1. The Balaban J connectivity index is 2.49. The molecule has 0 fully saturated rings. The Bertz CT molecular complexity index is 692. The fraction of sp³-hybridized carbons (Fsp3) is 0.650. The van der Waals surface area contributed by atoms with Gasteiger partial charge in [-0.1, -0.05) is 20.8 Å². The SMILES string of the molecule is CCNC(=NCCOc1ccc(S(C)(=O)=O)cc1)NC(C)CCC(C)(C)C. The van der Waals surface area contributed by atoms with Gasteiger partial charge in [0.2, 0.25) is 0 Å². The number of hydrogen-bond acceptors (Lipinski definition) is 4. The first kappa shape index (κ1) is 23.3. The minimum absolute atomic E-state index is 0.288. The summed E-state index contributed by atoms with van der Waals surface area (Å²) in [5, 5.41) is 6.68. The van der Waals surface area contributed by atoms with Gasteiger partial charge in [-0.05, 0) is 56.4 Å². The summed E-state index contributed by atoms with van der Waals surface area (Å²) in [6, 6.07) is 6.77. The second-order valence-electron chi connectivity index (χ2n) is 8.00. The van der Waals surface area contributed by atoms with Crippen molar-refractivity contribution in [3.63, 3.8) is 0 Å². The van der Waals surface area contributed by atoms with Crippen molar-refractivity contribution < 1.29 is 13.2 Å². The molecule has 154 valence electrons. The predicted molar refractivity (Wildman–Crippen MR) is 112 cm³/mol. The molecule has 0 aliphatic heterocycles. The Morgan fingerprint density at radius 2 is 1.85 bits per heavy atom. The number of rotatable bonds is 9. The molecule has 0 bridgehead atoms. The van der Waals surface area contributed by atoms with Gasteiger partial charge in [0.1, 0.15) is 12.4 Å². The molecule has 1 aromatic rings. The Morgan fingerprint density at radius 1 is 1.22 bits per heavy atom. The van der Waals surface area contributed by atoms with Crippen LogP contribution in [0.3, 0.4) is 0 Å². The second kappa shape index (κ2) is 10.5. The first-order valence-corrected chi connectivity index (χ1v) is 11.4. The van der Waals surface area contributed by atoms with Crippen LogP contribution >= 0.6 is 0 Å². The topological polar surface area (TPSA) is 79.8 Å². The zero-order chi connectivity index (χ0) is 20.5. The van der Waals surface area contributed by atoms with E-state index in [0.29, 0.717) is 30.4 Å². The smallest absolute Gasteiger partial charge is 0.191 e. The van der Waals surface area contributed by atoms with Gasteiger partial charge in [-0.15, -0.1) is 0 Å². The van der Waals surface area contributed by atoms with E-state index in [2.05, 4.69) is 43.3 Å². The number of ether oxygens (including phenoxy) is 1. The fourth-order valence-electron chi connectivity index (χ4n) is 2.38. The minimum Gasteiger partial charge on any atom is -0.492 e. The molecule has 6 nitrogen and oxygen atoms in total. The highest BCUT2D eigenvalue weighted by Gasteiger charge is 2.13. The fourth-order valence-corrected chi connectivity index (χ4v) is 3.01. The van der Waals surface area contributed by atoms with Crippen LogP contribution < -0.4 is 15.4 Å². The molecule has 1 unspecified atom stereocenters. The number of nitrogens with one attached hydrogen (secondary N) is 2. The zero-order valence-corrected chi connectivity index (χ0v) is 18.3. The number of sulfone groups is 1. The van der Waals surface area contributed by atoms with Gasteiger partial charge in [-0.25, -0.2) is 13.4 Å². The lowest BCUT2D eigenvalue weighted by Crippen LogP contribution is -2.42. The minimum atomic E-state index is -3.18. The molecule has 0 spiro atoms. The Morgan fingerprint density at radius 3 is 2.37 bits per heavy atom. The molecule has 0 radical (unpaired) electrons. The van der Waals surface area contributed by atoms with Crippen LogP contribution in [-0.2, 0) is 9.84 Å². The molecule has 1 atom stereocenters. The summed E-state index contributed by atoms with van der Waals surface area (Å²) < 4.78 is 28.6. The summed E-state index contributed by atoms with van der Waals surface area (Å²) in [4.78, 5) is 4.83. The van der Waals surface area contributed by atoms with Crippen LogP contribution in [0.15, 0.2) is 34.2 Å². The highest BCUT2D eigenvalue weighted by atomic mass is 32.2. The first-order valence-electron chi connectivity index (χ1n) is 9.49. The lowest BCUT2D eigenvalue weighted by atomic mass is 9.89. The van der Waals surface area contributed by atoms with Crippen molar-refractivity contribution in [3.05, 3.63) is 24.3 Å². The predicted octanol–water partition coefficient (Wildman–Crippen LogP) is 3.24. The highest BCUT2D eigenvalue weighted by molar-refractivity contribution is 7.90. The molecule has 0 heterocycles. The summed E-state index contributed by atoms with van der Waals surface area (Å²) in [6.07, 6.45) is 3.42. The maximum Gasteiger partial charge on any atom is 0.191 e. The van der Waals surface area contributed by atoms with Crippen LogP contribution in [0.4, 0.5) is 0 Å². The van der Waals surface area contributed by atoms with E-state index in [1.165, 1.54) is 6.26 Å². The number of aliphatic imine (C=N–C) groups is 1. The van der Waals surface area contributed by atoms with Crippen molar-refractivity contribution >= 4 is 15.8 Å². The van der Waals surface area contributed by atoms with Crippen molar-refractivity contribution in [2.75, 3.05) is 26.0 Å². The van der Waals surface area contributed by atoms with Crippen molar-refractivity contribution in [1.29, 1.82) is 0 Å². The molecule has 27 heavy (non-hydrogen) atoms. The van der Waals surface area contributed by atoms with Crippen LogP contribution in [0, 0.1) is 5.41 Å². The third-order valence-corrected chi connectivity index (χ3v) is 5.06. The van der Waals surface area contributed by atoms with Crippen molar-refractivity contribution in [2.45, 2.75) is 58.4 Å². The largest absolute Gasteiger partial charge is 0.492 e. The Hall–Kier alpha value is -1.76. The van der Waals surface area contributed by atoms with E-state index in [-0.39, 0.29) is 4.90 Å². The second-order valence-corrected chi connectivity index (χ2v) is 10.0. The van der Waals surface area contributed by atoms with E-state index < -0.39 is 9.84 Å². The number of nitrogens with zero attached hydrogens (tertiary/aromatic N) is 1. The number of benzene rings is 1. The van der Waals surface area contributed by atoms with Gasteiger partial charge >= 0.3 is 0 Å². The van der Waals surface area contributed by atoms with Gasteiger partial charge in [0.05, 0.1) is 11.4 Å². The van der Waals surface area contributed by atoms with E-state index in [0.717, 1.165) is 25.3 Å². The summed E-state index contributed by atoms with van der Waals surface area (Å²) in [5.41, 5.74) is 0.325. The molecule has 7 heteroatoms. The van der Waals surface area contributed by atoms with Crippen LogP contribution in [-0.4, -0.2) is 46.4 Å². The van der Waals surface area contributed by atoms with E-state index in [9.17, 15) is 8.42 Å².